The van der Waals surface area contributed by atoms with E-state index in [0.29, 0.717) is 5.56 Å². The molecule has 0 aromatic heterocycles. The minimum absolute atomic E-state index is 0.0230. The van der Waals surface area contributed by atoms with Gasteiger partial charge in [-0.3, -0.25) is 4.79 Å². The van der Waals surface area contributed by atoms with Crippen LogP contribution in [0.15, 0.2) is 53.4 Å². The van der Waals surface area contributed by atoms with Crippen LogP contribution in [0.5, 0.6) is 0 Å². The molecule has 0 aliphatic heterocycles. The molecule has 0 radical (unpaired) electrons. The Balaban J connectivity index is 1.99. The number of benzene rings is 2. The first-order valence-corrected chi connectivity index (χ1v) is 10.4. The number of nitrogens with zero attached hydrogens (tertiary/aromatic N) is 1. The molecule has 0 heterocycles. The van der Waals surface area contributed by atoms with Gasteiger partial charge in [-0.15, -0.1) is 0 Å². The first kappa shape index (κ1) is 22.5. The number of likely N-dealkylation sites (N-methyl/N-ethyl adjacent to an activating group) is 1. The first-order chi connectivity index (χ1) is 13.6. The Morgan fingerprint density at radius 1 is 1.17 bits per heavy atom. The molecule has 0 saturated heterocycles. The van der Waals surface area contributed by atoms with Crippen molar-refractivity contribution in [1.29, 1.82) is 0 Å². The van der Waals surface area contributed by atoms with E-state index in [4.69, 9.17) is 4.74 Å². The lowest BCUT2D eigenvalue weighted by molar-refractivity contribution is -0.139. The van der Waals surface area contributed by atoms with E-state index >= 15 is 0 Å². The van der Waals surface area contributed by atoms with Gasteiger partial charge in [-0.25, -0.2) is 22.3 Å². The zero-order valence-corrected chi connectivity index (χ0v) is 17.2. The first-order valence-electron chi connectivity index (χ1n) is 8.94. The van der Waals surface area contributed by atoms with Gasteiger partial charge >= 0.3 is 5.97 Å². The molecule has 1 unspecified atom stereocenters. The van der Waals surface area contributed by atoms with Crippen molar-refractivity contribution in [2.45, 2.75) is 31.4 Å². The summed E-state index contributed by atoms with van der Waals surface area (Å²) in [5.74, 6) is -1.60. The van der Waals surface area contributed by atoms with Gasteiger partial charge in [0.25, 0.3) is 5.91 Å². The Bertz CT molecular complexity index is 977. The highest BCUT2D eigenvalue weighted by atomic mass is 32.2. The second-order valence-electron chi connectivity index (χ2n) is 6.40. The summed E-state index contributed by atoms with van der Waals surface area (Å²) < 4.78 is 44.7. The number of carbonyl (C=O) groups is 2. The average molecular weight is 422 g/mol. The highest BCUT2D eigenvalue weighted by Gasteiger charge is 2.23. The van der Waals surface area contributed by atoms with Crippen molar-refractivity contribution in [3.8, 4) is 0 Å². The van der Waals surface area contributed by atoms with Crippen molar-refractivity contribution in [3.63, 3.8) is 0 Å². The van der Waals surface area contributed by atoms with Gasteiger partial charge < -0.3 is 9.64 Å². The van der Waals surface area contributed by atoms with Crippen LogP contribution < -0.4 is 4.72 Å². The number of rotatable bonds is 8. The van der Waals surface area contributed by atoms with Gasteiger partial charge in [0.05, 0.1) is 10.5 Å². The number of esters is 1. The summed E-state index contributed by atoms with van der Waals surface area (Å²) in [6, 6.07) is 11.1. The molecular weight excluding hydrogens is 399 g/mol. The summed E-state index contributed by atoms with van der Waals surface area (Å²) in [6.07, 6.45) is -1.06. The molecule has 1 N–H and O–H groups in total. The highest BCUT2D eigenvalue weighted by molar-refractivity contribution is 7.89. The summed E-state index contributed by atoms with van der Waals surface area (Å²) in [5.41, 5.74) is 0.727. The van der Waals surface area contributed by atoms with E-state index in [1.807, 2.05) is 0 Å². The van der Waals surface area contributed by atoms with Crippen molar-refractivity contribution in [2.24, 2.45) is 0 Å². The minimum Gasteiger partial charge on any atom is -0.449 e. The van der Waals surface area contributed by atoms with E-state index in [2.05, 4.69) is 4.72 Å². The van der Waals surface area contributed by atoms with Crippen LogP contribution in [-0.2, 0) is 26.1 Å². The Morgan fingerprint density at radius 3 is 2.41 bits per heavy atom. The Morgan fingerprint density at radius 2 is 1.83 bits per heavy atom. The number of hydrogen-bond acceptors (Lipinski definition) is 5. The summed E-state index contributed by atoms with van der Waals surface area (Å²) >= 11 is 0. The molecule has 156 valence electrons. The predicted molar refractivity (Wildman–Crippen MR) is 105 cm³/mol. The van der Waals surface area contributed by atoms with Crippen LogP contribution in [-0.4, -0.2) is 44.9 Å². The molecule has 7 nitrogen and oxygen atoms in total. The van der Waals surface area contributed by atoms with Crippen LogP contribution in [0, 0.1) is 5.82 Å². The molecule has 0 saturated carbocycles. The molecule has 0 aliphatic rings. The van der Waals surface area contributed by atoms with Gasteiger partial charge in [0.2, 0.25) is 10.0 Å². The number of amides is 1. The second-order valence-corrected chi connectivity index (χ2v) is 8.16. The summed E-state index contributed by atoms with van der Waals surface area (Å²) in [5, 5.41) is 0. The van der Waals surface area contributed by atoms with Crippen LogP contribution >= 0.6 is 0 Å². The van der Waals surface area contributed by atoms with Crippen molar-refractivity contribution in [2.75, 3.05) is 13.6 Å². The maximum Gasteiger partial charge on any atom is 0.338 e. The quantitative estimate of drug-likeness (QED) is 0.659. The predicted octanol–water partition coefficient (Wildman–Crippen LogP) is 2.33. The summed E-state index contributed by atoms with van der Waals surface area (Å²) in [6.45, 7) is 3.50. The van der Waals surface area contributed by atoms with Gasteiger partial charge in [0, 0.05) is 20.1 Å². The molecule has 0 aliphatic carbocycles. The van der Waals surface area contributed by atoms with Crippen LogP contribution in [0.2, 0.25) is 0 Å². The fraction of sp³-hybridized carbons (Fsp3) is 0.300. The van der Waals surface area contributed by atoms with Crippen molar-refractivity contribution >= 4 is 21.9 Å². The SMILES string of the molecule is CCNS(=O)(=O)c1ccc(C(=O)OC(C)C(=O)N(C)Cc2cccc(F)c2)cc1. The third-order valence-electron chi connectivity index (χ3n) is 4.05. The van der Waals surface area contributed by atoms with Gasteiger partial charge in [-0.05, 0) is 48.9 Å². The zero-order valence-electron chi connectivity index (χ0n) is 16.4. The fourth-order valence-electron chi connectivity index (χ4n) is 2.62. The van der Waals surface area contributed by atoms with Crippen LogP contribution in [0.3, 0.4) is 0 Å². The molecule has 1 atom stereocenters. The monoisotopic (exact) mass is 422 g/mol. The standard InChI is InChI=1S/C20H23FN2O5S/c1-4-22-29(26,27)18-10-8-16(9-11-18)20(25)28-14(2)19(24)23(3)13-15-6-5-7-17(21)12-15/h5-12,14,22H,4,13H2,1-3H3. The lowest BCUT2D eigenvalue weighted by Crippen LogP contribution is -2.37. The number of halogens is 1. The number of nitrogens with one attached hydrogen (secondary N) is 1. The van der Waals surface area contributed by atoms with Crippen LogP contribution in [0.1, 0.15) is 29.8 Å². The van der Waals surface area contributed by atoms with E-state index in [0.717, 1.165) is 0 Å². The lowest BCUT2D eigenvalue weighted by atomic mass is 10.2. The molecular formula is C20H23FN2O5S. The molecule has 2 aromatic rings. The number of ether oxygens (including phenoxy) is 1. The zero-order chi connectivity index (χ0) is 21.6. The fourth-order valence-corrected chi connectivity index (χ4v) is 3.66. The van der Waals surface area contributed by atoms with E-state index in [-0.39, 0.29) is 23.5 Å². The molecule has 2 rings (SSSR count). The lowest BCUT2D eigenvalue weighted by Gasteiger charge is -2.21. The van der Waals surface area contributed by atoms with Gasteiger partial charge in [0.1, 0.15) is 5.82 Å². The van der Waals surface area contributed by atoms with Crippen LogP contribution in [0.4, 0.5) is 4.39 Å². The van der Waals surface area contributed by atoms with E-state index in [1.165, 1.54) is 55.3 Å². The summed E-state index contributed by atoms with van der Waals surface area (Å²) in [4.78, 5) is 26.0. The number of carbonyl (C=O) groups excluding carboxylic acids is 2. The number of sulfonamides is 1. The maximum absolute atomic E-state index is 13.3. The topological polar surface area (TPSA) is 92.8 Å². The maximum atomic E-state index is 13.3. The third-order valence-corrected chi connectivity index (χ3v) is 5.61. The van der Waals surface area contributed by atoms with E-state index in [1.54, 1.807) is 19.1 Å². The number of hydrogen-bond donors (Lipinski definition) is 1. The van der Waals surface area contributed by atoms with Gasteiger partial charge in [0.15, 0.2) is 6.10 Å². The molecule has 0 fully saturated rings. The molecule has 0 bridgehead atoms. The van der Waals surface area contributed by atoms with Gasteiger partial charge in [-0.2, -0.15) is 0 Å². The minimum atomic E-state index is -3.62. The van der Waals surface area contributed by atoms with Gasteiger partial charge in [-0.1, -0.05) is 19.1 Å². The Labute approximate surface area is 169 Å². The van der Waals surface area contributed by atoms with Crippen molar-refractivity contribution in [1.82, 2.24) is 9.62 Å². The molecule has 0 spiro atoms. The smallest absolute Gasteiger partial charge is 0.338 e. The van der Waals surface area contributed by atoms with E-state index < -0.39 is 33.8 Å². The molecule has 1 amide bonds. The Hall–Kier alpha value is -2.78. The second kappa shape index (κ2) is 9.62. The van der Waals surface area contributed by atoms with Crippen molar-refractivity contribution < 1.29 is 27.1 Å². The van der Waals surface area contributed by atoms with E-state index in [9.17, 15) is 22.4 Å². The largest absolute Gasteiger partial charge is 0.449 e. The molecule has 29 heavy (non-hydrogen) atoms. The summed E-state index contributed by atoms with van der Waals surface area (Å²) in [7, 11) is -2.10. The third kappa shape index (κ3) is 6.10. The highest BCUT2D eigenvalue weighted by Crippen LogP contribution is 2.13. The Kier molecular flexibility index (Phi) is 7.46. The average Bonchev–Trinajstić information content (AvgIpc) is 2.67. The van der Waals surface area contributed by atoms with Crippen LogP contribution in [0.25, 0.3) is 0 Å². The normalized spacial score (nSPS) is 12.3. The molecule has 9 heteroatoms. The van der Waals surface area contributed by atoms with Crippen molar-refractivity contribution in [3.05, 3.63) is 65.5 Å². The molecule has 2 aromatic carbocycles.